The molecule has 98 valence electrons. The Hall–Kier alpha value is -1.55. The molecule has 4 nitrogen and oxygen atoms in total. The molecule has 0 spiro atoms. The molecule has 1 unspecified atom stereocenters. The summed E-state index contributed by atoms with van der Waals surface area (Å²) in [6, 6.07) is 7.98. The first-order valence-electron chi connectivity index (χ1n) is 6.28. The van der Waals surface area contributed by atoms with Gasteiger partial charge in [-0.2, -0.15) is 0 Å². The van der Waals surface area contributed by atoms with Gasteiger partial charge >= 0.3 is 0 Å². The van der Waals surface area contributed by atoms with Crippen molar-refractivity contribution in [1.82, 2.24) is 5.32 Å². The fourth-order valence-corrected chi connectivity index (χ4v) is 2.11. The van der Waals surface area contributed by atoms with Gasteiger partial charge in [0.25, 0.3) is 0 Å². The van der Waals surface area contributed by atoms with Crippen LogP contribution in [0.5, 0.6) is 5.75 Å². The van der Waals surface area contributed by atoms with Gasteiger partial charge in [0.1, 0.15) is 5.75 Å². The summed E-state index contributed by atoms with van der Waals surface area (Å²) in [5.74, 6) is 0.922. The molecule has 1 heterocycles. The van der Waals surface area contributed by atoms with Gasteiger partial charge in [-0.3, -0.25) is 4.79 Å². The van der Waals surface area contributed by atoms with Crippen LogP contribution in [0.2, 0.25) is 0 Å². The minimum Gasteiger partial charge on any atom is -0.496 e. The number of hydrogen-bond donors (Lipinski definition) is 1. The Morgan fingerprint density at radius 3 is 3.06 bits per heavy atom. The van der Waals surface area contributed by atoms with Gasteiger partial charge in [0.05, 0.1) is 19.8 Å². The van der Waals surface area contributed by atoms with Crippen molar-refractivity contribution in [1.29, 1.82) is 0 Å². The van der Waals surface area contributed by atoms with Crippen LogP contribution in [0.1, 0.15) is 18.4 Å². The van der Waals surface area contributed by atoms with Gasteiger partial charge in [-0.1, -0.05) is 18.2 Å². The Bertz CT molecular complexity index is 400. The number of rotatable bonds is 5. The molecule has 0 radical (unpaired) electrons. The third-order valence-corrected chi connectivity index (χ3v) is 3.11. The van der Waals surface area contributed by atoms with E-state index in [1.165, 1.54) is 0 Å². The molecule has 0 aromatic heterocycles. The SMILES string of the molecule is COc1ccccc1CCC(=O)NC1CCOC1. The van der Waals surface area contributed by atoms with Gasteiger partial charge in [-0.05, 0) is 24.5 Å². The maximum absolute atomic E-state index is 11.8. The molecular weight excluding hydrogens is 230 g/mol. The van der Waals surface area contributed by atoms with Crippen LogP contribution < -0.4 is 10.1 Å². The summed E-state index contributed by atoms with van der Waals surface area (Å²) in [5.41, 5.74) is 1.07. The largest absolute Gasteiger partial charge is 0.496 e. The number of carbonyl (C=O) groups is 1. The summed E-state index contributed by atoms with van der Waals surface area (Å²) < 4.78 is 10.5. The Labute approximate surface area is 107 Å². The predicted octanol–water partition coefficient (Wildman–Crippen LogP) is 1.53. The number of amides is 1. The second-order valence-electron chi connectivity index (χ2n) is 4.44. The van der Waals surface area contributed by atoms with Crippen LogP contribution in [-0.2, 0) is 16.0 Å². The zero-order chi connectivity index (χ0) is 12.8. The highest BCUT2D eigenvalue weighted by molar-refractivity contribution is 5.76. The lowest BCUT2D eigenvalue weighted by Gasteiger charge is -2.11. The van der Waals surface area contributed by atoms with Crippen molar-refractivity contribution in [2.24, 2.45) is 0 Å². The molecule has 0 saturated carbocycles. The van der Waals surface area contributed by atoms with Gasteiger partial charge in [0.15, 0.2) is 0 Å². The summed E-state index contributed by atoms with van der Waals surface area (Å²) in [4.78, 5) is 11.8. The zero-order valence-corrected chi connectivity index (χ0v) is 10.6. The van der Waals surface area contributed by atoms with Crippen molar-refractivity contribution in [3.05, 3.63) is 29.8 Å². The van der Waals surface area contributed by atoms with Crippen molar-refractivity contribution < 1.29 is 14.3 Å². The first kappa shape index (κ1) is 12.9. The van der Waals surface area contributed by atoms with E-state index in [0.717, 1.165) is 24.3 Å². The Balaban J connectivity index is 1.81. The molecule has 1 aliphatic heterocycles. The third-order valence-electron chi connectivity index (χ3n) is 3.11. The highest BCUT2D eigenvalue weighted by Gasteiger charge is 2.17. The monoisotopic (exact) mass is 249 g/mol. The number of methoxy groups -OCH3 is 1. The van der Waals surface area contributed by atoms with E-state index in [1.54, 1.807) is 7.11 Å². The van der Waals surface area contributed by atoms with Crippen molar-refractivity contribution in [3.8, 4) is 5.75 Å². The van der Waals surface area contributed by atoms with Gasteiger partial charge in [0, 0.05) is 13.0 Å². The highest BCUT2D eigenvalue weighted by atomic mass is 16.5. The summed E-state index contributed by atoms with van der Waals surface area (Å²) in [7, 11) is 1.65. The summed E-state index contributed by atoms with van der Waals surface area (Å²) in [6.07, 6.45) is 2.10. The maximum Gasteiger partial charge on any atom is 0.220 e. The zero-order valence-electron chi connectivity index (χ0n) is 10.6. The molecule has 1 fully saturated rings. The van der Waals surface area contributed by atoms with Gasteiger partial charge in [-0.25, -0.2) is 0 Å². The third kappa shape index (κ3) is 3.47. The summed E-state index contributed by atoms with van der Waals surface area (Å²) in [5, 5.41) is 2.98. The predicted molar refractivity (Wildman–Crippen MR) is 68.7 cm³/mol. The molecule has 1 amide bonds. The quantitative estimate of drug-likeness (QED) is 0.861. The number of aryl methyl sites for hydroxylation is 1. The molecule has 18 heavy (non-hydrogen) atoms. The number of para-hydroxylation sites is 1. The minimum atomic E-state index is 0.0800. The highest BCUT2D eigenvalue weighted by Crippen LogP contribution is 2.18. The molecule has 0 aliphatic carbocycles. The van der Waals surface area contributed by atoms with Gasteiger partial charge in [-0.15, -0.1) is 0 Å². The van der Waals surface area contributed by atoms with E-state index >= 15 is 0 Å². The minimum absolute atomic E-state index is 0.0800. The van der Waals surface area contributed by atoms with E-state index < -0.39 is 0 Å². The van der Waals surface area contributed by atoms with E-state index in [1.807, 2.05) is 24.3 Å². The Morgan fingerprint density at radius 2 is 2.33 bits per heavy atom. The van der Waals surface area contributed by atoms with E-state index in [2.05, 4.69) is 5.32 Å². The molecule has 0 bridgehead atoms. The van der Waals surface area contributed by atoms with Crippen LogP contribution in [0.3, 0.4) is 0 Å². The maximum atomic E-state index is 11.8. The molecule has 1 N–H and O–H groups in total. The number of carbonyl (C=O) groups excluding carboxylic acids is 1. The van der Waals surface area contributed by atoms with Crippen molar-refractivity contribution >= 4 is 5.91 Å². The number of nitrogens with one attached hydrogen (secondary N) is 1. The summed E-state index contributed by atoms with van der Waals surface area (Å²) >= 11 is 0. The Morgan fingerprint density at radius 1 is 1.50 bits per heavy atom. The molecular formula is C14H19NO3. The fourth-order valence-electron chi connectivity index (χ4n) is 2.11. The standard InChI is InChI=1S/C14H19NO3/c1-17-13-5-3-2-4-11(13)6-7-14(16)15-12-8-9-18-10-12/h2-5,12H,6-10H2,1H3,(H,15,16). The molecule has 1 aromatic rings. The molecule has 2 rings (SSSR count). The smallest absolute Gasteiger partial charge is 0.220 e. The van der Waals surface area contributed by atoms with Crippen LogP contribution in [0.4, 0.5) is 0 Å². The average Bonchev–Trinajstić information content (AvgIpc) is 2.89. The molecule has 1 aliphatic rings. The van der Waals surface area contributed by atoms with Gasteiger partial charge < -0.3 is 14.8 Å². The fraction of sp³-hybridized carbons (Fsp3) is 0.500. The van der Waals surface area contributed by atoms with Crippen molar-refractivity contribution in [2.45, 2.75) is 25.3 Å². The molecule has 1 atom stereocenters. The number of benzene rings is 1. The van der Waals surface area contributed by atoms with Crippen LogP contribution in [0.15, 0.2) is 24.3 Å². The van der Waals surface area contributed by atoms with Crippen LogP contribution in [0, 0.1) is 0 Å². The van der Waals surface area contributed by atoms with E-state index in [-0.39, 0.29) is 11.9 Å². The van der Waals surface area contributed by atoms with Crippen molar-refractivity contribution in [2.75, 3.05) is 20.3 Å². The first-order chi connectivity index (χ1) is 8.79. The average molecular weight is 249 g/mol. The molecule has 4 heteroatoms. The number of hydrogen-bond acceptors (Lipinski definition) is 3. The van der Waals surface area contributed by atoms with Gasteiger partial charge in [0.2, 0.25) is 5.91 Å². The first-order valence-corrected chi connectivity index (χ1v) is 6.28. The molecule has 1 aromatic carbocycles. The second kappa shape index (κ2) is 6.40. The van der Waals surface area contributed by atoms with E-state index in [9.17, 15) is 4.79 Å². The van der Waals surface area contributed by atoms with E-state index in [0.29, 0.717) is 19.4 Å². The normalized spacial score (nSPS) is 18.6. The molecule has 1 saturated heterocycles. The van der Waals surface area contributed by atoms with E-state index in [4.69, 9.17) is 9.47 Å². The lowest BCUT2D eigenvalue weighted by atomic mass is 10.1. The van der Waals surface area contributed by atoms with Crippen molar-refractivity contribution in [3.63, 3.8) is 0 Å². The number of ether oxygens (including phenoxy) is 2. The Kier molecular flexibility index (Phi) is 4.59. The lowest BCUT2D eigenvalue weighted by molar-refractivity contribution is -0.121. The lowest BCUT2D eigenvalue weighted by Crippen LogP contribution is -2.35. The van der Waals surface area contributed by atoms with Crippen LogP contribution >= 0.6 is 0 Å². The summed E-state index contributed by atoms with van der Waals surface area (Å²) in [6.45, 7) is 1.39. The van der Waals surface area contributed by atoms with Crippen LogP contribution in [-0.4, -0.2) is 32.3 Å². The topological polar surface area (TPSA) is 47.6 Å². The second-order valence-corrected chi connectivity index (χ2v) is 4.44. The van der Waals surface area contributed by atoms with Crippen LogP contribution in [0.25, 0.3) is 0 Å².